The van der Waals surface area contributed by atoms with Crippen LogP contribution in [0.2, 0.25) is 0 Å². The number of aromatic nitrogens is 1. The number of benzene rings is 2. The van der Waals surface area contributed by atoms with E-state index in [1.165, 1.54) is 0 Å². The molecule has 6 nitrogen and oxygen atoms in total. The molecular weight excluding hydrogens is 422 g/mol. The number of nitrogens with zero attached hydrogens (tertiary/aromatic N) is 3. The quantitative estimate of drug-likeness (QED) is 0.588. The van der Waals surface area contributed by atoms with Crippen LogP contribution in [0, 0.1) is 0 Å². The molecule has 2 aromatic carbocycles. The third-order valence-corrected chi connectivity index (χ3v) is 8.69. The lowest BCUT2D eigenvalue weighted by molar-refractivity contribution is 0.0585. The number of likely N-dealkylation sites (tertiary alicyclic amines) is 1. The minimum Gasteiger partial charge on any atom is -0.490 e. The van der Waals surface area contributed by atoms with Gasteiger partial charge in [0, 0.05) is 50.0 Å². The topological polar surface area (TPSA) is 62.7 Å². The molecule has 0 spiro atoms. The Bertz CT molecular complexity index is 1150. The highest BCUT2D eigenvalue weighted by Crippen LogP contribution is 2.29. The van der Waals surface area contributed by atoms with Crippen LogP contribution in [0.5, 0.6) is 5.75 Å². The van der Waals surface area contributed by atoms with Crippen molar-refractivity contribution < 1.29 is 13.2 Å². The number of fused-ring (bicyclic) bond motifs is 1. The Kier molecular flexibility index (Phi) is 6.13. The van der Waals surface area contributed by atoms with Crippen LogP contribution in [-0.4, -0.2) is 60.9 Å². The second-order valence-electron chi connectivity index (χ2n) is 8.65. The van der Waals surface area contributed by atoms with Crippen LogP contribution >= 0.6 is 0 Å². The van der Waals surface area contributed by atoms with Gasteiger partial charge >= 0.3 is 0 Å². The SMILES string of the molecule is O=S(=O)(c1cccc2ccccc12)N1CCC(N2CCC(Oc3ccncc3)CC2)CC1. The fraction of sp³-hybridized carbons (Fsp3) is 0.400. The maximum Gasteiger partial charge on any atom is 0.243 e. The molecule has 32 heavy (non-hydrogen) atoms. The molecule has 5 rings (SSSR count). The van der Waals surface area contributed by atoms with Gasteiger partial charge in [-0.1, -0.05) is 36.4 Å². The maximum absolute atomic E-state index is 13.4. The molecular formula is C25H29N3O3S. The van der Waals surface area contributed by atoms with Crippen molar-refractivity contribution in [2.75, 3.05) is 26.2 Å². The lowest BCUT2D eigenvalue weighted by Gasteiger charge is -2.41. The van der Waals surface area contributed by atoms with Gasteiger partial charge in [0.1, 0.15) is 11.9 Å². The third-order valence-electron chi connectivity index (χ3n) is 6.74. The molecule has 7 heteroatoms. The van der Waals surface area contributed by atoms with Crippen LogP contribution < -0.4 is 4.74 Å². The van der Waals surface area contributed by atoms with E-state index in [0.717, 1.165) is 55.3 Å². The molecule has 2 aliphatic heterocycles. The summed E-state index contributed by atoms with van der Waals surface area (Å²) in [6.45, 7) is 3.14. The van der Waals surface area contributed by atoms with E-state index in [0.29, 0.717) is 24.0 Å². The second-order valence-corrected chi connectivity index (χ2v) is 10.6. The highest BCUT2D eigenvalue weighted by molar-refractivity contribution is 7.89. The first-order valence-electron chi connectivity index (χ1n) is 11.4. The standard InChI is InChI=1S/C25H29N3O3S/c29-32(30,25-7-3-5-20-4-1-2-6-24(20)25)28-18-10-21(11-19-28)27-16-12-23(13-17-27)31-22-8-14-26-15-9-22/h1-9,14-15,21,23H,10-13,16-19H2. The Morgan fingerprint density at radius 1 is 0.812 bits per heavy atom. The zero-order valence-electron chi connectivity index (χ0n) is 18.1. The molecule has 0 saturated carbocycles. The molecule has 3 aromatic rings. The number of hydrogen-bond donors (Lipinski definition) is 0. The number of ether oxygens (including phenoxy) is 1. The first kappa shape index (κ1) is 21.4. The maximum atomic E-state index is 13.4. The minimum absolute atomic E-state index is 0.237. The van der Waals surface area contributed by atoms with Gasteiger partial charge in [0.15, 0.2) is 0 Å². The number of pyridine rings is 1. The van der Waals surface area contributed by atoms with Crippen LogP contribution in [0.1, 0.15) is 25.7 Å². The molecule has 2 fully saturated rings. The van der Waals surface area contributed by atoms with Crippen LogP contribution in [0.15, 0.2) is 71.9 Å². The van der Waals surface area contributed by atoms with Gasteiger partial charge in [-0.05, 0) is 49.3 Å². The second kappa shape index (κ2) is 9.17. The number of sulfonamides is 1. The van der Waals surface area contributed by atoms with E-state index in [1.807, 2.05) is 48.5 Å². The van der Waals surface area contributed by atoms with Gasteiger partial charge in [-0.25, -0.2) is 8.42 Å². The van der Waals surface area contributed by atoms with Crippen molar-refractivity contribution in [1.82, 2.24) is 14.2 Å². The zero-order valence-corrected chi connectivity index (χ0v) is 19.0. The van der Waals surface area contributed by atoms with E-state index in [1.54, 1.807) is 22.8 Å². The lowest BCUT2D eigenvalue weighted by Crippen LogP contribution is -2.50. The van der Waals surface area contributed by atoms with E-state index in [-0.39, 0.29) is 6.10 Å². The largest absolute Gasteiger partial charge is 0.490 e. The van der Waals surface area contributed by atoms with E-state index in [4.69, 9.17) is 4.74 Å². The Labute approximate surface area is 189 Å². The van der Waals surface area contributed by atoms with Gasteiger partial charge in [-0.15, -0.1) is 0 Å². The van der Waals surface area contributed by atoms with Crippen LogP contribution in [0.3, 0.4) is 0 Å². The monoisotopic (exact) mass is 451 g/mol. The summed E-state index contributed by atoms with van der Waals surface area (Å²) < 4.78 is 34.5. The Morgan fingerprint density at radius 2 is 1.50 bits per heavy atom. The van der Waals surface area contributed by atoms with Gasteiger partial charge in [0.25, 0.3) is 0 Å². The number of piperidine rings is 2. The van der Waals surface area contributed by atoms with Crippen molar-refractivity contribution >= 4 is 20.8 Å². The summed E-state index contributed by atoms with van der Waals surface area (Å²) in [6.07, 6.45) is 7.49. The molecule has 1 aromatic heterocycles. The Hall–Kier alpha value is -2.48. The van der Waals surface area contributed by atoms with Crippen LogP contribution in [0.4, 0.5) is 0 Å². The Balaban J connectivity index is 1.18. The predicted octanol–water partition coefficient (Wildman–Crippen LogP) is 3.93. The van der Waals surface area contributed by atoms with Crippen molar-refractivity contribution in [3.63, 3.8) is 0 Å². The van der Waals surface area contributed by atoms with Gasteiger partial charge in [-0.3, -0.25) is 4.98 Å². The average molecular weight is 452 g/mol. The van der Waals surface area contributed by atoms with E-state index in [2.05, 4.69) is 9.88 Å². The molecule has 0 aliphatic carbocycles. The average Bonchev–Trinajstić information content (AvgIpc) is 2.85. The minimum atomic E-state index is -3.50. The summed E-state index contributed by atoms with van der Waals surface area (Å²) >= 11 is 0. The first-order valence-corrected chi connectivity index (χ1v) is 12.8. The number of hydrogen-bond acceptors (Lipinski definition) is 5. The molecule has 0 atom stereocenters. The normalized spacial score (nSPS) is 19.9. The molecule has 3 heterocycles. The zero-order chi connectivity index (χ0) is 22.0. The Morgan fingerprint density at radius 3 is 2.25 bits per heavy atom. The molecule has 2 saturated heterocycles. The molecule has 0 radical (unpaired) electrons. The van der Waals surface area contributed by atoms with Gasteiger partial charge in [0.05, 0.1) is 4.90 Å². The van der Waals surface area contributed by atoms with E-state index < -0.39 is 10.0 Å². The van der Waals surface area contributed by atoms with Crippen molar-refractivity contribution in [2.45, 2.75) is 42.7 Å². The molecule has 0 amide bonds. The van der Waals surface area contributed by atoms with Crippen molar-refractivity contribution in [3.05, 3.63) is 67.0 Å². The van der Waals surface area contributed by atoms with Gasteiger partial charge < -0.3 is 9.64 Å². The summed E-state index contributed by atoms with van der Waals surface area (Å²) in [5.41, 5.74) is 0. The predicted molar refractivity (Wildman–Crippen MR) is 125 cm³/mol. The summed E-state index contributed by atoms with van der Waals surface area (Å²) in [6, 6.07) is 17.5. The summed E-state index contributed by atoms with van der Waals surface area (Å²) in [5.74, 6) is 0.880. The highest BCUT2D eigenvalue weighted by atomic mass is 32.2. The summed E-state index contributed by atoms with van der Waals surface area (Å²) in [5, 5.41) is 1.76. The molecule has 0 unspecified atom stereocenters. The smallest absolute Gasteiger partial charge is 0.243 e. The van der Waals surface area contributed by atoms with Crippen LogP contribution in [-0.2, 0) is 10.0 Å². The van der Waals surface area contributed by atoms with E-state index in [9.17, 15) is 8.42 Å². The molecule has 2 aliphatic rings. The van der Waals surface area contributed by atoms with Gasteiger partial charge in [-0.2, -0.15) is 4.31 Å². The summed E-state index contributed by atoms with van der Waals surface area (Å²) in [7, 11) is -3.50. The van der Waals surface area contributed by atoms with Crippen molar-refractivity contribution in [1.29, 1.82) is 0 Å². The van der Waals surface area contributed by atoms with E-state index >= 15 is 0 Å². The number of rotatable bonds is 5. The fourth-order valence-electron chi connectivity index (χ4n) is 4.98. The fourth-order valence-corrected chi connectivity index (χ4v) is 6.66. The van der Waals surface area contributed by atoms with Crippen LogP contribution in [0.25, 0.3) is 10.8 Å². The molecule has 168 valence electrons. The summed E-state index contributed by atoms with van der Waals surface area (Å²) in [4.78, 5) is 6.98. The van der Waals surface area contributed by atoms with Crippen molar-refractivity contribution in [3.8, 4) is 5.75 Å². The molecule has 0 N–H and O–H groups in total. The molecule has 0 bridgehead atoms. The van der Waals surface area contributed by atoms with Gasteiger partial charge in [0.2, 0.25) is 10.0 Å². The third kappa shape index (κ3) is 4.37. The lowest BCUT2D eigenvalue weighted by atomic mass is 10.00. The van der Waals surface area contributed by atoms with Crippen molar-refractivity contribution in [2.24, 2.45) is 0 Å². The first-order chi connectivity index (χ1) is 15.6. The highest BCUT2D eigenvalue weighted by Gasteiger charge is 2.34.